The minimum absolute atomic E-state index is 0.465. The summed E-state index contributed by atoms with van der Waals surface area (Å²) in [5, 5.41) is 0.866. The van der Waals surface area contributed by atoms with Crippen molar-refractivity contribution < 1.29 is 0 Å². The van der Waals surface area contributed by atoms with Gasteiger partial charge in [0.1, 0.15) is 17.8 Å². The number of hydrogen-bond donors (Lipinski definition) is 2. The Bertz CT molecular complexity index is 673. The van der Waals surface area contributed by atoms with Crippen LogP contribution in [0.4, 0.5) is 5.82 Å². The van der Waals surface area contributed by atoms with Gasteiger partial charge in [-0.2, -0.15) is 0 Å². The molecule has 0 aromatic carbocycles. The van der Waals surface area contributed by atoms with Crippen molar-refractivity contribution in [1.82, 2.24) is 24.9 Å². The van der Waals surface area contributed by atoms with Gasteiger partial charge in [-0.05, 0) is 12.5 Å². The summed E-state index contributed by atoms with van der Waals surface area (Å²) in [7, 11) is 0. The molecule has 0 aliphatic carbocycles. The van der Waals surface area contributed by atoms with E-state index in [1.807, 2.05) is 13.1 Å². The van der Waals surface area contributed by atoms with E-state index in [9.17, 15) is 0 Å². The first kappa shape index (κ1) is 9.71. The van der Waals surface area contributed by atoms with Crippen molar-refractivity contribution in [3.05, 3.63) is 30.5 Å². The number of nitrogens with two attached hydrogens (primary N) is 1. The number of nitrogen functional groups attached to an aromatic ring is 1. The summed E-state index contributed by atoms with van der Waals surface area (Å²) in [6.45, 7) is 1.96. The summed E-state index contributed by atoms with van der Waals surface area (Å²) in [5.74, 6) is 0.991. The second kappa shape index (κ2) is 3.51. The van der Waals surface area contributed by atoms with Crippen LogP contribution in [0, 0.1) is 6.92 Å². The van der Waals surface area contributed by atoms with Gasteiger partial charge in [-0.25, -0.2) is 19.9 Å². The average Bonchev–Trinajstić information content (AvgIpc) is 2.73. The number of fused-ring (bicyclic) bond motifs is 1. The van der Waals surface area contributed by atoms with E-state index >= 15 is 0 Å². The van der Waals surface area contributed by atoms with Crippen LogP contribution in [0.15, 0.2) is 24.9 Å². The van der Waals surface area contributed by atoms with Gasteiger partial charge in [-0.1, -0.05) is 0 Å². The second-order valence-electron chi connectivity index (χ2n) is 3.75. The highest BCUT2D eigenvalue weighted by atomic mass is 15.0. The number of aromatic nitrogens is 5. The molecule has 3 N–H and O–H groups in total. The van der Waals surface area contributed by atoms with Crippen molar-refractivity contribution in [3.63, 3.8) is 0 Å². The maximum Gasteiger partial charge on any atom is 0.167 e. The molecule has 0 bridgehead atoms. The fourth-order valence-corrected chi connectivity index (χ4v) is 1.76. The number of anilines is 1. The molecular weight excluding hydrogens is 216 g/mol. The largest absolute Gasteiger partial charge is 0.383 e. The summed E-state index contributed by atoms with van der Waals surface area (Å²) in [5.41, 5.74) is 8.44. The van der Waals surface area contributed by atoms with Gasteiger partial charge in [0.05, 0.1) is 10.9 Å². The first-order valence-electron chi connectivity index (χ1n) is 5.12. The number of rotatable bonds is 1. The van der Waals surface area contributed by atoms with Gasteiger partial charge in [0, 0.05) is 18.6 Å². The molecule has 0 aliphatic heterocycles. The quantitative estimate of drug-likeness (QED) is 0.652. The van der Waals surface area contributed by atoms with E-state index in [-0.39, 0.29) is 0 Å². The van der Waals surface area contributed by atoms with Crippen LogP contribution >= 0.6 is 0 Å². The Morgan fingerprint density at radius 1 is 1.18 bits per heavy atom. The van der Waals surface area contributed by atoms with Crippen LogP contribution in [0.1, 0.15) is 5.56 Å². The lowest BCUT2D eigenvalue weighted by molar-refractivity contribution is 1.13. The lowest BCUT2D eigenvalue weighted by Gasteiger charge is -2.02. The molecule has 0 radical (unpaired) electrons. The first-order valence-corrected chi connectivity index (χ1v) is 5.12. The van der Waals surface area contributed by atoms with Crippen LogP contribution in [-0.4, -0.2) is 24.9 Å². The zero-order chi connectivity index (χ0) is 11.8. The summed E-state index contributed by atoms with van der Waals surface area (Å²) < 4.78 is 0. The topological polar surface area (TPSA) is 93.4 Å². The van der Waals surface area contributed by atoms with E-state index in [0.717, 1.165) is 22.2 Å². The normalized spacial score (nSPS) is 10.9. The van der Waals surface area contributed by atoms with Gasteiger partial charge in [0.15, 0.2) is 5.82 Å². The van der Waals surface area contributed by atoms with Gasteiger partial charge >= 0.3 is 0 Å². The second-order valence-corrected chi connectivity index (χ2v) is 3.75. The summed E-state index contributed by atoms with van der Waals surface area (Å²) in [4.78, 5) is 19.6. The Hall–Kier alpha value is -2.50. The van der Waals surface area contributed by atoms with Crippen LogP contribution < -0.4 is 5.73 Å². The Balaban J connectivity index is 2.26. The van der Waals surface area contributed by atoms with E-state index in [1.165, 1.54) is 6.33 Å². The highest BCUT2D eigenvalue weighted by molar-refractivity contribution is 5.90. The molecule has 84 valence electrons. The average molecular weight is 226 g/mol. The van der Waals surface area contributed by atoms with E-state index in [2.05, 4.69) is 24.9 Å². The Morgan fingerprint density at radius 2 is 1.94 bits per heavy atom. The van der Waals surface area contributed by atoms with Gasteiger partial charge < -0.3 is 10.7 Å². The molecule has 6 heteroatoms. The maximum atomic E-state index is 5.93. The molecule has 0 aliphatic rings. The number of H-pyrrole nitrogens is 1. The van der Waals surface area contributed by atoms with Crippen molar-refractivity contribution in [3.8, 4) is 11.4 Å². The Labute approximate surface area is 97.0 Å². The third kappa shape index (κ3) is 1.50. The SMILES string of the molecule is Cc1c[nH]c2nc(-c3cncnc3)nc(N)c12. The monoisotopic (exact) mass is 226 g/mol. The molecule has 3 rings (SSSR count). The van der Waals surface area contributed by atoms with Crippen molar-refractivity contribution in [2.75, 3.05) is 5.73 Å². The van der Waals surface area contributed by atoms with E-state index in [0.29, 0.717) is 11.6 Å². The van der Waals surface area contributed by atoms with E-state index in [1.54, 1.807) is 12.4 Å². The van der Waals surface area contributed by atoms with Crippen molar-refractivity contribution in [1.29, 1.82) is 0 Å². The van der Waals surface area contributed by atoms with Crippen molar-refractivity contribution in [2.45, 2.75) is 6.92 Å². The summed E-state index contributed by atoms with van der Waals surface area (Å²) in [6, 6.07) is 0. The molecule has 3 aromatic rings. The zero-order valence-corrected chi connectivity index (χ0v) is 9.18. The van der Waals surface area contributed by atoms with Crippen LogP contribution in [0.25, 0.3) is 22.4 Å². The smallest absolute Gasteiger partial charge is 0.167 e. The number of aryl methyl sites for hydroxylation is 1. The number of nitrogens with zero attached hydrogens (tertiary/aromatic N) is 4. The molecular formula is C11H10N6. The highest BCUT2D eigenvalue weighted by Crippen LogP contribution is 2.24. The summed E-state index contributed by atoms with van der Waals surface area (Å²) in [6.07, 6.45) is 6.64. The van der Waals surface area contributed by atoms with Crippen LogP contribution in [0.3, 0.4) is 0 Å². The van der Waals surface area contributed by atoms with Crippen LogP contribution in [-0.2, 0) is 0 Å². The lowest BCUT2D eigenvalue weighted by atomic mass is 10.2. The number of hydrogen-bond acceptors (Lipinski definition) is 5. The molecule has 0 saturated heterocycles. The first-order chi connectivity index (χ1) is 8.25. The fourth-order valence-electron chi connectivity index (χ4n) is 1.76. The molecule has 17 heavy (non-hydrogen) atoms. The maximum absolute atomic E-state index is 5.93. The zero-order valence-electron chi connectivity index (χ0n) is 9.18. The Morgan fingerprint density at radius 3 is 2.71 bits per heavy atom. The summed E-state index contributed by atoms with van der Waals surface area (Å²) >= 11 is 0. The molecule has 6 nitrogen and oxygen atoms in total. The molecule has 0 atom stereocenters. The number of nitrogens with one attached hydrogen (secondary N) is 1. The third-order valence-electron chi connectivity index (χ3n) is 2.58. The van der Waals surface area contributed by atoms with E-state index < -0.39 is 0 Å². The number of aromatic amines is 1. The van der Waals surface area contributed by atoms with Crippen LogP contribution in [0.5, 0.6) is 0 Å². The standard InChI is InChI=1S/C11H10N6/c1-6-2-15-11-8(6)9(12)16-10(17-11)7-3-13-5-14-4-7/h2-5H,1H3,(H3,12,15,16,17). The van der Waals surface area contributed by atoms with Gasteiger partial charge in [-0.3, -0.25) is 0 Å². The molecule has 0 spiro atoms. The van der Waals surface area contributed by atoms with Crippen molar-refractivity contribution >= 4 is 16.9 Å². The molecule has 0 unspecified atom stereocenters. The van der Waals surface area contributed by atoms with E-state index in [4.69, 9.17) is 5.73 Å². The minimum Gasteiger partial charge on any atom is -0.383 e. The lowest BCUT2D eigenvalue weighted by Crippen LogP contribution is -1.98. The molecule has 0 amide bonds. The minimum atomic E-state index is 0.465. The molecule has 3 heterocycles. The predicted octanol–water partition coefficient (Wildman–Crippen LogP) is 1.31. The van der Waals surface area contributed by atoms with Crippen molar-refractivity contribution in [2.24, 2.45) is 0 Å². The highest BCUT2D eigenvalue weighted by Gasteiger charge is 2.10. The fraction of sp³-hybridized carbons (Fsp3) is 0.0909. The van der Waals surface area contributed by atoms with Crippen LogP contribution in [0.2, 0.25) is 0 Å². The van der Waals surface area contributed by atoms with Gasteiger partial charge in [0.2, 0.25) is 0 Å². The molecule has 3 aromatic heterocycles. The molecule has 0 saturated carbocycles. The molecule has 0 fully saturated rings. The van der Waals surface area contributed by atoms with Gasteiger partial charge in [-0.15, -0.1) is 0 Å². The van der Waals surface area contributed by atoms with Gasteiger partial charge in [0.25, 0.3) is 0 Å². The Kier molecular flexibility index (Phi) is 2.01. The predicted molar refractivity (Wildman–Crippen MR) is 64.1 cm³/mol. The third-order valence-corrected chi connectivity index (χ3v) is 2.58.